The minimum absolute atomic E-state index is 0.264. The number of nitrogens with one attached hydrogen (secondary N) is 1. The lowest BCUT2D eigenvalue weighted by atomic mass is 9.89. The quantitative estimate of drug-likeness (QED) is 0.850. The molecule has 1 aromatic heterocycles. The van der Waals surface area contributed by atoms with Gasteiger partial charge < -0.3 is 10.1 Å². The van der Waals surface area contributed by atoms with Gasteiger partial charge in [-0.3, -0.25) is 0 Å². The van der Waals surface area contributed by atoms with Gasteiger partial charge in [0.25, 0.3) is 0 Å². The number of aromatic nitrogens is 2. The Kier molecular flexibility index (Phi) is 3.33. The van der Waals surface area contributed by atoms with Crippen LogP contribution in [0.3, 0.4) is 0 Å². The van der Waals surface area contributed by atoms with Crippen molar-refractivity contribution in [2.75, 3.05) is 11.9 Å². The van der Waals surface area contributed by atoms with Crippen molar-refractivity contribution in [1.29, 1.82) is 0 Å². The number of ether oxygens (including phenoxy) is 1. The van der Waals surface area contributed by atoms with Crippen LogP contribution < -0.4 is 5.32 Å². The van der Waals surface area contributed by atoms with E-state index in [1.165, 1.54) is 6.33 Å². The number of rotatable bonds is 4. The van der Waals surface area contributed by atoms with E-state index in [0.717, 1.165) is 19.4 Å². The molecule has 0 unspecified atom stereocenters. The van der Waals surface area contributed by atoms with E-state index in [1.54, 1.807) is 6.92 Å². The Hall–Kier alpha value is -1.23. The maximum Gasteiger partial charge on any atom is 0.186 e. The van der Waals surface area contributed by atoms with Crippen molar-refractivity contribution in [2.24, 2.45) is 0 Å². The van der Waals surface area contributed by atoms with Crippen molar-refractivity contribution < 1.29 is 9.13 Å². The zero-order chi connectivity index (χ0) is 11.5. The van der Waals surface area contributed by atoms with E-state index in [4.69, 9.17) is 4.74 Å². The lowest BCUT2D eigenvalue weighted by Crippen LogP contribution is -2.41. The Bertz CT molecular complexity index is 366. The number of aryl methyl sites for hydroxylation is 1. The molecule has 1 fully saturated rings. The van der Waals surface area contributed by atoms with Gasteiger partial charge in [-0.2, -0.15) is 0 Å². The van der Waals surface area contributed by atoms with Gasteiger partial charge >= 0.3 is 0 Å². The van der Waals surface area contributed by atoms with Crippen LogP contribution in [0.4, 0.5) is 10.2 Å². The highest BCUT2D eigenvalue weighted by molar-refractivity contribution is 5.38. The molecule has 0 bridgehead atoms. The molecule has 1 aliphatic rings. The highest BCUT2D eigenvalue weighted by Gasteiger charge is 2.30. The van der Waals surface area contributed by atoms with Crippen LogP contribution >= 0.6 is 0 Å². The van der Waals surface area contributed by atoms with Gasteiger partial charge in [0.15, 0.2) is 11.6 Å². The summed E-state index contributed by atoms with van der Waals surface area (Å²) in [7, 11) is 0. The van der Waals surface area contributed by atoms with Crippen LogP contribution in [0.2, 0.25) is 0 Å². The minimum atomic E-state index is -0.359. The van der Waals surface area contributed by atoms with Gasteiger partial charge in [0.05, 0.1) is 11.8 Å². The average molecular weight is 225 g/mol. The van der Waals surface area contributed by atoms with Crippen LogP contribution in [-0.4, -0.2) is 28.7 Å². The summed E-state index contributed by atoms with van der Waals surface area (Å²) in [5, 5.41) is 3.07. The molecule has 88 valence electrons. The Morgan fingerprint density at radius 2 is 2.25 bits per heavy atom. The maximum absolute atomic E-state index is 13.5. The number of hydrogen-bond acceptors (Lipinski definition) is 4. The van der Waals surface area contributed by atoms with Gasteiger partial charge in [0.1, 0.15) is 6.33 Å². The average Bonchev–Trinajstić information content (AvgIpc) is 2.21. The zero-order valence-electron chi connectivity index (χ0n) is 9.53. The number of hydrogen-bond donors (Lipinski definition) is 1. The number of nitrogens with zero attached hydrogens (tertiary/aromatic N) is 2. The molecule has 16 heavy (non-hydrogen) atoms. The van der Waals surface area contributed by atoms with Crippen molar-refractivity contribution in [3.05, 3.63) is 17.8 Å². The largest absolute Gasteiger partial charge is 0.378 e. The molecule has 1 aromatic rings. The first kappa shape index (κ1) is 11.3. The van der Waals surface area contributed by atoms with Crippen molar-refractivity contribution in [2.45, 2.75) is 38.8 Å². The highest BCUT2D eigenvalue weighted by Crippen LogP contribution is 2.27. The fraction of sp³-hybridized carbons (Fsp3) is 0.636. The molecule has 0 spiro atoms. The molecule has 1 heterocycles. The second kappa shape index (κ2) is 4.74. The standard InChI is InChI=1S/C11H16FN3O/c1-3-16-9-4-8(5-9)15-11-10(12)7(2)13-6-14-11/h6,8-9H,3-5H2,1-2H3,(H,13,14,15). The first-order valence-corrected chi connectivity index (χ1v) is 5.56. The minimum Gasteiger partial charge on any atom is -0.378 e. The molecule has 0 saturated heterocycles. The number of halogens is 1. The molecule has 0 radical (unpaired) electrons. The third kappa shape index (κ3) is 2.29. The van der Waals surface area contributed by atoms with Crippen molar-refractivity contribution in [1.82, 2.24) is 9.97 Å². The molecule has 1 N–H and O–H groups in total. The molecule has 4 nitrogen and oxygen atoms in total. The zero-order valence-corrected chi connectivity index (χ0v) is 9.53. The van der Waals surface area contributed by atoms with E-state index in [2.05, 4.69) is 15.3 Å². The Morgan fingerprint density at radius 3 is 2.94 bits per heavy atom. The second-order valence-electron chi connectivity index (χ2n) is 4.01. The molecular formula is C11H16FN3O. The predicted molar refractivity (Wildman–Crippen MR) is 58.8 cm³/mol. The van der Waals surface area contributed by atoms with Crippen LogP contribution in [0.1, 0.15) is 25.5 Å². The molecule has 0 aromatic carbocycles. The Labute approximate surface area is 94.2 Å². The van der Waals surface area contributed by atoms with E-state index in [0.29, 0.717) is 17.6 Å². The van der Waals surface area contributed by atoms with Gasteiger partial charge in [0.2, 0.25) is 0 Å². The van der Waals surface area contributed by atoms with Gasteiger partial charge in [-0.05, 0) is 26.7 Å². The van der Waals surface area contributed by atoms with Crippen molar-refractivity contribution in [3.8, 4) is 0 Å². The predicted octanol–water partition coefficient (Wildman–Crippen LogP) is 1.90. The highest BCUT2D eigenvalue weighted by atomic mass is 19.1. The van der Waals surface area contributed by atoms with Crippen LogP contribution in [0.15, 0.2) is 6.33 Å². The lowest BCUT2D eigenvalue weighted by molar-refractivity contribution is 0.00285. The summed E-state index contributed by atoms with van der Waals surface area (Å²) in [6, 6.07) is 0.264. The molecule has 0 amide bonds. The molecule has 1 aliphatic carbocycles. The summed E-state index contributed by atoms with van der Waals surface area (Å²) in [5.74, 6) is -0.0604. The summed E-state index contributed by atoms with van der Waals surface area (Å²) in [6.07, 6.45) is 3.51. The van der Waals surface area contributed by atoms with E-state index in [1.807, 2.05) is 6.92 Å². The summed E-state index contributed by atoms with van der Waals surface area (Å²) in [4.78, 5) is 7.68. The van der Waals surface area contributed by atoms with E-state index >= 15 is 0 Å². The molecule has 0 aliphatic heterocycles. The fourth-order valence-electron chi connectivity index (χ4n) is 1.81. The monoisotopic (exact) mass is 225 g/mol. The summed E-state index contributed by atoms with van der Waals surface area (Å²) < 4.78 is 19.0. The summed E-state index contributed by atoms with van der Waals surface area (Å²) in [5.41, 5.74) is 0.373. The van der Waals surface area contributed by atoms with E-state index in [-0.39, 0.29) is 11.9 Å². The van der Waals surface area contributed by atoms with E-state index < -0.39 is 0 Å². The number of anilines is 1. The molecule has 0 atom stereocenters. The maximum atomic E-state index is 13.5. The Morgan fingerprint density at radius 1 is 1.50 bits per heavy atom. The first-order valence-electron chi connectivity index (χ1n) is 5.56. The van der Waals surface area contributed by atoms with Gasteiger partial charge in [-0.15, -0.1) is 0 Å². The smallest absolute Gasteiger partial charge is 0.186 e. The van der Waals surface area contributed by atoms with Crippen molar-refractivity contribution in [3.63, 3.8) is 0 Å². The third-order valence-corrected chi connectivity index (χ3v) is 2.80. The summed E-state index contributed by atoms with van der Waals surface area (Å²) >= 11 is 0. The molecular weight excluding hydrogens is 209 g/mol. The summed E-state index contributed by atoms with van der Waals surface area (Å²) in [6.45, 7) is 4.35. The Balaban J connectivity index is 1.89. The molecule has 5 heteroatoms. The van der Waals surface area contributed by atoms with E-state index in [9.17, 15) is 4.39 Å². The first-order chi connectivity index (χ1) is 7.70. The molecule has 2 rings (SSSR count). The van der Waals surface area contributed by atoms with Gasteiger partial charge in [0, 0.05) is 12.6 Å². The lowest BCUT2D eigenvalue weighted by Gasteiger charge is -2.35. The van der Waals surface area contributed by atoms with Crippen LogP contribution in [0.5, 0.6) is 0 Å². The van der Waals surface area contributed by atoms with Crippen molar-refractivity contribution >= 4 is 5.82 Å². The third-order valence-electron chi connectivity index (χ3n) is 2.80. The molecule has 1 saturated carbocycles. The second-order valence-corrected chi connectivity index (χ2v) is 4.01. The van der Waals surface area contributed by atoms with Gasteiger partial charge in [-0.25, -0.2) is 14.4 Å². The SMILES string of the molecule is CCOC1CC(Nc2ncnc(C)c2F)C1. The van der Waals surface area contributed by atoms with Gasteiger partial charge in [-0.1, -0.05) is 0 Å². The van der Waals surface area contributed by atoms with Crippen LogP contribution in [0.25, 0.3) is 0 Å². The van der Waals surface area contributed by atoms with Crippen LogP contribution in [0, 0.1) is 12.7 Å². The normalized spacial score (nSPS) is 23.9. The topological polar surface area (TPSA) is 47.0 Å². The fourth-order valence-corrected chi connectivity index (χ4v) is 1.81. The van der Waals surface area contributed by atoms with Crippen LogP contribution in [-0.2, 0) is 4.74 Å².